The van der Waals surface area contributed by atoms with Gasteiger partial charge in [-0.05, 0) is 20.3 Å². The SMILES string of the molecule is CCC(C)NC(=S)SCCC(C)=O. The van der Waals surface area contributed by atoms with Crippen molar-refractivity contribution in [1.29, 1.82) is 0 Å². The van der Waals surface area contributed by atoms with Gasteiger partial charge in [0.05, 0.1) is 0 Å². The molecule has 0 spiro atoms. The monoisotopic (exact) mass is 219 g/mol. The Bertz CT molecular complexity index is 182. The summed E-state index contributed by atoms with van der Waals surface area (Å²) in [4.78, 5) is 10.6. The van der Waals surface area contributed by atoms with E-state index < -0.39 is 0 Å². The minimum atomic E-state index is 0.221. The van der Waals surface area contributed by atoms with Gasteiger partial charge in [-0.3, -0.25) is 4.79 Å². The molecule has 0 bridgehead atoms. The van der Waals surface area contributed by atoms with E-state index in [2.05, 4.69) is 19.2 Å². The van der Waals surface area contributed by atoms with Gasteiger partial charge in [0, 0.05) is 18.2 Å². The van der Waals surface area contributed by atoms with Crippen LogP contribution in [0.2, 0.25) is 0 Å². The molecule has 1 atom stereocenters. The molecule has 2 nitrogen and oxygen atoms in total. The zero-order valence-corrected chi connectivity index (χ0v) is 10.1. The molecule has 0 aromatic heterocycles. The number of carbonyl (C=O) groups excluding carboxylic acids is 1. The first-order valence-corrected chi connectivity index (χ1v) is 5.88. The summed E-state index contributed by atoms with van der Waals surface area (Å²) in [5.41, 5.74) is 0. The van der Waals surface area contributed by atoms with E-state index >= 15 is 0 Å². The molecular formula is C9H17NOS2. The Hall–Kier alpha value is -0.0900. The van der Waals surface area contributed by atoms with E-state index in [0.29, 0.717) is 12.5 Å². The molecule has 0 amide bonds. The van der Waals surface area contributed by atoms with Crippen molar-refractivity contribution in [3.05, 3.63) is 0 Å². The van der Waals surface area contributed by atoms with Gasteiger partial charge >= 0.3 is 0 Å². The lowest BCUT2D eigenvalue weighted by atomic mass is 10.3. The molecule has 0 aromatic rings. The number of rotatable bonds is 5. The highest BCUT2D eigenvalue weighted by Gasteiger charge is 2.02. The molecule has 0 rings (SSSR count). The Kier molecular flexibility index (Phi) is 7.28. The maximum absolute atomic E-state index is 10.6. The number of Topliss-reactive ketones (excluding diaryl/α,β-unsaturated/α-hetero) is 1. The molecule has 0 radical (unpaired) electrons. The van der Waals surface area contributed by atoms with Crippen LogP contribution in [0, 0.1) is 0 Å². The lowest BCUT2D eigenvalue weighted by Gasteiger charge is -2.12. The van der Waals surface area contributed by atoms with E-state index in [4.69, 9.17) is 12.2 Å². The maximum atomic E-state index is 10.6. The van der Waals surface area contributed by atoms with E-state index in [1.165, 1.54) is 0 Å². The fourth-order valence-electron chi connectivity index (χ4n) is 0.632. The van der Waals surface area contributed by atoms with Gasteiger partial charge in [0.2, 0.25) is 0 Å². The van der Waals surface area contributed by atoms with Crippen LogP contribution in [0.25, 0.3) is 0 Å². The molecule has 0 aliphatic heterocycles. The second kappa shape index (κ2) is 7.33. The number of carbonyl (C=O) groups is 1. The summed E-state index contributed by atoms with van der Waals surface area (Å²) >= 11 is 6.64. The quantitative estimate of drug-likeness (QED) is 0.719. The normalized spacial score (nSPS) is 12.2. The van der Waals surface area contributed by atoms with Crippen molar-refractivity contribution in [1.82, 2.24) is 5.32 Å². The summed E-state index contributed by atoms with van der Waals surface area (Å²) in [6.07, 6.45) is 1.67. The zero-order chi connectivity index (χ0) is 10.3. The Balaban J connectivity index is 3.46. The smallest absolute Gasteiger partial charge is 0.133 e. The molecule has 0 aliphatic rings. The third-order valence-electron chi connectivity index (χ3n) is 1.66. The highest BCUT2D eigenvalue weighted by molar-refractivity contribution is 8.22. The van der Waals surface area contributed by atoms with Crippen LogP contribution in [0.15, 0.2) is 0 Å². The van der Waals surface area contributed by atoms with Gasteiger partial charge in [0.25, 0.3) is 0 Å². The minimum Gasteiger partial charge on any atom is -0.369 e. The third kappa shape index (κ3) is 8.25. The summed E-state index contributed by atoms with van der Waals surface area (Å²) in [7, 11) is 0. The second-order valence-electron chi connectivity index (χ2n) is 3.04. The van der Waals surface area contributed by atoms with Crippen molar-refractivity contribution in [2.24, 2.45) is 0 Å². The molecule has 0 saturated heterocycles. The molecule has 0 saturated carbocycles. The highest BCUT2D eigenvalue weighted by Crippen LogP contribution is 2.05. The standard InChI is InChI=1S/C9H17NOS2/c1-4-7(2)10-9(12)13-6-5-8(3)11/h7H,4-6H2,1-3H3,(H,10,12). The number of nitrogens with one attached hydrogen (secondary N) is 1. The number of ketones is 1. The van der Waals surface area contributed by atoms with Crippen LogP contribution in [0.3, 0.4) is 0 Å². The second-order valence-corrected chi connectivity index (χ2v) is 4.81. The van der Waals surface area contributed by atoms with E-state index in [0.717, 1.165) is 16.5 Å². The van der Waals surface area contributed by atoms with Gasteiger partial charge in [-0.2, -0.15) is 0 Å². The summed E-state index contributed by atoms with van der Waals surface area (Å²) in [5, 5.41) is 3.19. The van der Waals surface area contributed by atoms with E-state index in [9.17, 15) is 4.79 Å². The Morgan fingerprint density at radius 3 is 2.69 bits per heavy atom. The molecule has 0 aromatic carbocycles. The fraction of sp³-hybridized carbons (Fsp3) is 0.778. The summed E-state index contributed by atoms with van der Waals surface area (Å²) < 4.78 is 0.801. The van der Waals surface area contributed by atoms with E-state index in [1.54, 1.807) is 18.7 Å². The van der Waals surface area contributed by atoms with Gasteiger partial charge < -0.3 is 5.32 Å². The van der Waals surface area contributed by atoms with Gasteiger partial charge in [-0.15, -0.1) is 0 Å². The van der Waals surface area contributed by atoms with Crippen molar-refractivity contribution in [3.63, 3.8) is 0 Å². The average molecular weight is 219 g/mol. The lowest BCUT2D eigenvalue weighted by Crippen LogP contribution is -2.28. The lowest BCUT2D eigenvalue weighted by molar-refractivity contribution is -0.116. The van der Waals surface area contributed by atoms with Crippen molar-refractivity contribution in [2.75, 3.05) is 5.75 Å². The van der Waals surface area contributed by atoms with Gasteiger partial charge in [0.1, 0.15) is 10.1 Å². The van der Waals surface area contributed by atoms with Crippen LogP contribution in [0.5, 0.6) is 0 Å². The maximum Gasteiger partial charge on any atom is 0.133 e. The highest BCUT2D eigenvalue weighted by atomic mass is 32.2. The first-order valence-electron chi connectivity index (χ1n) is 4.49. The molecule has 0 aliphatic carbocycles. The average Bonchev–Trinajstić information content (AvgIpc) is 2.03. The number of thioether (sulfide) groups is 1. The van der Waals surface area contributed by atoms with E-state index in [-0.39, 0.29) is 5.78 Å². The van der Waals surface area contributed by atoms with Crippen molar-refractivity contribution < 1.29 is 4.79 Å². The number of hydrogen-bond acceptors (Lipinski definition) is 3. The molecule has 1 N–H and O–H groups in total. The van der Waals surface area contributed by atoms with Crippen molar-refractivity contribution in [3.8, 4) is 0 Å². The van der Waals surface area contributed by atoms with Crippen LogP contribution in [-0.2, 0) is 4.79 Å². The zero-order valence-electron chi connectivity index (χ0n) is 8.42. The van der Waals surface area contributed by atoms with Crippen LogP contribution >= 0.6 is 24.0 Å². The van der Waals surface area contributed by atoms with Gasteiger partial charge in [0.15, 0.2) is 0 Å². The predicted octanol–water partition coefficient (Wildman–Crippen LogP) is 2.37. The fourth-order valence-corrected chi connectivity index (χ4v) is 1.94. The number of thiocarbonyl (C=S) groups is 1. The molecule has 1 unspecified atom stereocenters. The van der Waals surface area contributed by atoms with Crippen molar-refractivity contribution >= 4 is 34.1 Å². The van der Waals surface area contributed by atoms with Crippen LogP contribution in [0.1, 0.15) is 33.6 Å². The van der Waals surface area contributed by atoms with Crippen molar-refractivity contribution in [2.45, 2.75) is 39.7 Å². The summed E-state index contributed by atoms with van der Waals surface area (Å²) in [6, 6.07) is 0.428. The topological polar surface area (TPSA) is 29.1 Å². The largest absolute Gasteiger partial charge is 0.369 e. The number of hydrogen-bond donors (Lipinski definition) is 1. The third-order valence-corrected chi connectivity index (χ3v) is 2.92. The Morgan fingerprint density at radius 1 is 1.62 bits per heavy atom. The molecular weight excluding hydrogens is 202 g/mol. The van der Waals surface area contributed by atoms with Gasteiger partial charge in [-0.25, -0.2) is 0 Å². The first kappa shape index (κ1) is 12.9. The van der Waals surface area contributed by atoms with Crippen LogP contribution in [0.4, 0.5) is 0 Å². The van der Waals surface area contributed by atoms with Gasteiger partial charge in [-0.1, -0.05) is 30.9 Å². The molecule has 4 heteroatoms. The molecule has 76 valence electrons. The molecule has 0 heterocycles. The minimum absolute atomic E-state index is 0.221. The Morgan fingerprint density at radius 2 is 2.23 bits per heavy atom. The van der Waals surface area contributed by atoms with Crippen LogP contribution in [-0.4, -0.2) is 21.9 Å². The Labute approximate surface area is 89.9 Å². The summed E-state index contributed by atoms with van der Waals surface area (Å²) in [6.45, 7) is 5.81. The summed E-state index contributed by atoms with van der Waals surface area (Å²) in [5.74, 6) is 1.01. The molecule has 0 fully saturated rings. The molecule has 13 heavy (non-hydrogen) atoms. The first-order chi connectivity index (χ1) is 6.06. The predicted molar refractivity (Wildman–Crippen MR) is 63.2 cm³/mol. The van der Waals surface area contributed by atoms with Crippen LogP contribution < -0.4 is 5.32 Å². The van der Waals surface area contributed by atoms with E-state index in [1.807, 2.05) is 0 Å².